The van der Waals surface area contributed by atoms with Gasteiger partial charge in [-0.05, 0) is 31.2 Å². The Hall–Kier alpha value is -1.79. The molecule has 2 rings (SSSR count). The number of pyridine rings is 1. The zero-order valence-electron chi connectivity index (χ0n) is 10.7. The van der Waals surface area contributed by atoms with Crippen molar-refractivity contribution < 1.29 is 13.5 Å². The molecule has 1 aromatic heterocycles. The zero-order chi connectivity index (χ0) is 14.8. The van der Waals surface area contributed by atoms with Gasteiger partial charge in [0.2, 0.25) is 0 Å². The van der Waals surface area contributed by atoms with Crippen molar-refractivity contribution >= 4 is 27.3 Å². The number of halogens is 1. The van der Waals surface area contributed by atoms with Gasteiger partial charge in [0.25, 0.3) is 10.0 Å². The Labute approximate surface area is 122 Å². The lowest BCUT2D eigenvalue weighted by atomic mass is 10.3. The molecule has 0 fully saturated rings. The lowest BCUT2D eigenvalue weighted by Gasteiger charge is -2.23. The number of sulfonamides is 1. The average Bonchev–Trinajstić information content (AvgIpc) is 2.39. The molecule has 1 aromatic carbocycles. The van der Waals surface area contributed by atoms with E-state index < -0.39 is 10.0 Å². The van der Waals surface area contributed by atoms with Crippen LogP contribution in [0.4, 0.5) is 5.69 Å². The molecule has 0 saturated carbocycles. The fraction of sp³-hybridized carbons (Fsp3) is 0.154. The van der Waals surface area contributed by atoms with Crippen molar-refractivity contribution in [2.75, 3.05) is 10.8 Å². The third-order valence-corrected chi connectivity index (χ3v) is 5.05. The van der Waals surface area contributed by atoms with Gasteiger partial charge in [0, 0.05) is 18.8 Å². The highest BCUT2D eigenvalue weighted by molar-refractivity contribution is 7.93. The molecular formula is C13H13ClN2O3S. The number of phenols is 1. The van der Waals surface area contributed by atoms with E-state index in [1.807, 2.05) is 0 Å². The molecule has 0 bridgehead atoms. The molecule has 20 heavy (non-hydrogen) atoms. The second-order valence-corrected chi connectivity index (χ2v) is 6.17. The van der Waals surface area contributed by atoms with E-state index in [1.54, 1.807) is 19.1 Å². The van der Waals surface area contributed by atoms with Crippen molar-refractivity contribution in [2.45, 2.75) is 11.8 Å². The second kappa shape index (κ2) is 5.68. The number of benzene rings is 1. The topological polar surface area (TPSA) is 70.5 Å². The van der Waals surface area contributed by atoms with Crippen LogP contribution in [-0.2, 0) is 10.0 Å². The Morgan fingerprint density at radius 2 is 2.05 bits per heavy atom. The number of hydrogen-bond donors (Lipinski definition) is 1. The van der Waals surface area contributed by atoms with Gasteiger partial charge in [-0.3, -0.25) is 4.31 Å². The molecule has 1 heterocycles. The minimum absolute atomic E-state index is 0.00608. The first-order valence-corrected chi connectivity index (χ1v) is 7.71. The Kier molecular flexibility index (Phi) is 4.15. The second-order valence-electron chi connectivity index (χ2n) is 3.98. The normalized spacial score (nSPS) is 11.3. The molecule has 7 heteroatoms. The van der Waals surface area contributed by atoms with Crippen LogP contribution < -0.4 is 4.31 Å². The van der Waals surface area contributed by atoms with Gasteiger partial charge in [0.1, 0.15) is 15.8 Å². The average molecular weight is 313 g/mol. The van der Waals surface area contributed by atoms with Gasteiger partial charge in [-0.15, -0.1) is 0 Å². The molecule has 0 unspecified atom stereocenters. The molecule has 0 aliphatic carbocycles. The van der Waals surface area contributed by atoms with Crippen LogP contribution in [0.5, 0.6) is 5.75 Å². The quantitative estimate of drug-likeness (QED) is 0.881. The van der Waals surface area contributed by atoms with Gasteiger partial charge in [0.15, 0.2) is 0 Å². The molecule has 0 aliphatic heterocycles. The summed E-state index contributed by atoms with van der Waals surface area (Å²) in [5.74, 6) is -0.00608. The smallest absolute Gasteiger partial charge is 0.267 e. The van der Waals surface area contributed by atoms with Crippen LogP contribution in [0.1, 0.15) is 6.92 Å². The molecule has 5 nitrogen and oxygen atoms in total. The molecule has 0 atom stereocenters. The molecule has 0 aliphatic rings. The summed E-state index contributed by atoms with van der Waals surface area (Å²) in [5, 5.41) is 9.41. The number of nitrogens with zero attached hydrogens (tertiary/aromatic N) is 2. The number of aromatic hydroxyl groups is 1. The highest BCUT2D eigenvalue weighted by Gasteiger charge is 2.26. The Balaban J connectivity index is 2.54. The third kappa shape index (κ3) is 2.71. The molecule has 106 valence electrons. The van der Waals surface area contributed by atoms with Crippen molar-refractivity contribution in [1.29, 1.82) is 0 Å². The minimum atomic E-state index is -3.82. The summed E-state index contributed by atoms with van der Waals surface area (Å²) >= 11 is 5.86. The van der Waals surface area contributed by atoms with E-state index >= 15 is 0 Å². The standard InChI is InChI=1S/C13H13ClN2O3S/c1-2-16(10-5-3-6-11(17)9-10)20(18,19)12-7-4-8-15-13(12)14/h3-9,17H,2H2,1H3. The van der Waals surface area contributed by atoms with Gasteiger partial charge >= 0.3 is 0 Å². The van der Waals surface area contributed by atoms with E-state index in [9.17, 15) is 13.5 Å². The highest BCUT2D eigenvalue weighted by Crippen LogP contribution is 2.28. The number of rotatable bonds is 4. The summed E-state index contributed by atoms with van der Waals surface area (Å²) in [4.78, 5) is 3.72. The lowest BCUT2D eigenvalue weighted by Crippen LogP contribution is -2.31. The van der Waals surface area contributed by atoms with Crippen LogP contribution in [-0.4, -0.2) is 25.1 Å². The lowest BCUT2D eigenvalue weighted by molar-refractivity contribution is 0.475. The van der Waals surface area contributed by atoms with E-state index in [-0.39, 0.29) is 22.3 Å². The molecule has 1 N–H and O–H groups in total. The van der Waals surface area contributed by atoms with Crippen molar-refractivity contribution in [3.8, 4) is 5.75 Å². The number of anilines is 1. The largest absolute Gasteiger partial charge is 0.508 e. The Morgan fingerprint density at radius 3 is 2.65 bits per heavy atom. The summed E-state index contributed by atoms with van der Waals surface area (Å²) in [5.41, 5.74) is 0.368. The van der Waals surface area contributed by atoms with Gasteiger partial charge in [0.05, 0.1) is 5.69 Å². The van der Waals surface area contributed by atoms with Crippen LogP contribution in [0.25, 0.3) is 0 Å². The number of hydrogen-bond acceptors (Lipinski definition) is 4. The third-order valence-electron chi connectivity index (χ3n) is 2.70. The van der Waals surface area contributed by atoms with Gasteiger partial charge < -0.3 is 5.11 Å². The van der Waals surface area contributed by atoms with Crippen LogP contribution in [0.2, 0.25) is 5.15 Å². The monoisotopic (exact) mass is 312 g/mol. The van der Waals surface area contributed by atoms with Crippen LogP contribution in [0.15, 0.2) is 47.5 Å². The van der Waals surface area contributed by atoms with Crippen LogP contribution >= 0.6 is 11.6 Å². The van der Waals surface area contributed by atoms with Gasteiger partial charge in [-0.2, -0.15) is 0 Å². The van der Waals surface area contributed by atoms with E-state index in [0.717, 1.165) is 4.31 Å². The SMILES string of the molecule is CCN(c1cccc(O)c1)S(=O)(=O)c1cccnc1Cl. The minimum Gasteiger partial charge on any atom is -0.508 e. The molecule has 0 saturated heterocycles. The summed E-state index contributed by atoms with van der Waals surface area (Å²) in [6.45, 7) is 1.91. The van der Waals surface area contributed by atoms with Gasteiger partial charge in [-0.1, -0.05) is 17.7 Å². The summed E-state index contributed by atoms with van der Waals surface area (Å²) in [7, 11) is -3.82. The Bertz CT molecular complexity index is 719. The van der Waals surface area contributed by atoms with Crippen molar-refractivity contribution in [1.82, 2.24) is 4.98 Å². The maximum absolute atomic E-state index is 12.6. The van der Waals surface area contributed by atoms with Crippen molar-refractivity contribution in [2.24, 2.45) is 0 Å². The van der Waals surface area contributed by atoms with E-state index in [0.29, 0.717) is 5.69 Å². The van der Waals surface area contributed by atoms with Gasteiger partial charge in [-0.25, -0.2) is 13.4 Å². The van der Waals surface area contributed by atoms with E-state index in [1.165, 1.54) is 30.5 Å². The Morgan fingerprint density at radius 1 is 1.30 bits per heavy atom. The van der Waals surface area contributed by atoms with Crippen LogP contribution in [0, 0.1) is 0 Å². The predicted octanol–water partition coefficient (Wildman–Crippen LogP) is 2.66. The summed E-state index contributed by atoms with van der Waals surface area (Å²) < 4.78 is 26.4. The molecule has 0 radical (unpaired) electrons. The molecule has 2 aromatic rings. The summed E-state index contributed by atoms with van der Waals surface area (Å²) in [6, 6.07) is 8.94. The number of aromatic nitrogens is 1. The molecule has 0 spiro atoms. The summed E-state index contributed by atoms with van der Waals surface area (Å²) in [6.07, 6.45) is 1.42. The zero-order valence-corrected chi connectivity index (χ0v) is 12.3. The number of phenolic OH excluding ortho intramolecular Hbond substituents is 1. The fourth-order valence-corrected chi connectivity index (χ4v) is 3.72. The van der Waals surface area contributed by atoms with E-state index in [2.05, 4.69) is 4.98 Å². The first-order chi connectivity index (χ1) is 9.46. The van der Waals surface area contributed by atoms with Crippen molar-refractivity contribution in [3.05, 3.63) is 47.7 Å². The molecular weight excluding hydrogens is 300 g/mol. The van der Waals surface area contributed by atoms with Crippen LogP contribution in [0.3, 0.4) is 0 Å². The fourth-order valence-electron chi connectivity index (χ4n) is 1.82. The molecule has 0 amide bonds. The maximum Gasteiger partial charge on any atom is 0.267 e. The first-order valence-electron chi connectivity index (χ1n) is 5.89. The maximum atomic E-state index is 12.6. The van der Waals surface area contributed by atoms with Crippen molar-refractivity contribution in [3.63, 3.8) is 0 Å². The highest BCUT2D eigenvalue weighted by atomic mass is 35.5. The van der Waals surface area contributed by atoms with E-state index in [4.69, 9.17) is 11.6 Å². The first kappa shape index (κ1) is 14.6. The predicted molar refractivity (Wildman–Crippen MR) is 77.6 cm³/mol.